The number of aryl methyl sites for hydroxylation is 1. The second-order valence-electron chi connectivity index (χ2n) is 9.36. The molecule has 1 saturated heterocycles. The fourth-order valence-electron chi connectivity index (χ4n) is 4.66. The zero-order valence-corrected chi connectivity index (χ0v) is 20.9. The number of hydrogen-bond acceptors (Lipinski definition) is 9. The quantitative estimate of drug-likeness (QED) is 0.423. The number of hydrogen-bond donors (Lipinski definition) is 2. The Kier molecular flexibility index (Phi) is 6.70. The highest BCUT2D eigenvalue weighted by atomic mass is 32.2. The third-order valence-electron chi connectivity index (χ3n) is 7.02. The molecule has 2 fully saturated rings. The van der Waals surface area contributed by atoms with Crippen LogP contribution in [-0.2, 0) is 7.05 Å². The van der Waals surface area contributed by atoms with E-state index in [2.05, 4.69) is 20.4 Å². The Morgan fingerprint density at radius 1 is 1.25 bits per heavy atom. The molecule has 3 aromatic rings. The lowest BCUT2D eigenvalue weighted by Gasteiger charge is -2.40. The third kappa shape index (κ3) is 4.70. The Hall–Kier alpha value is -3.03. The van der Waals surface area contributed by atoms with Gasteiger partial charge in [-0.15, -0.1) is 5.10 Å². The molecule has 13 heteroatoms. The van der Waals surface area contributed by atoms with E-state index in [9.17, 15) is 19.8 Å². The van der Waals surface area contributed by atoms with E-state index in [0.29, 0.717) is 48.3 Å². The van der Waals surface area contributed by atoms with E-state index >= 15 is 4.39 Å². The van der Waals surface area contributed by atoms with E-state index in [0.717, 1.165) is 12.8 Å². The van der Waals surface area contributed by atoms with Gasteiger partial charge in [0.1, 0.15) is 11.4 Å². The number of aliphatic hydroxyl groups excluding tert-OH is 1. The topological polar surface area (TPSA) is 130 Å². The lowest BCUT2D eigenvalue weighted by atomic mass is 10.1. The molecular weight excluding hydrogens is 489 g/mol. The second-order valence-corrected chi connectivity index (χ2v) is 10.4. The van der Waals surface area contributed by atoms with Gasteiger partial charge in [0.15, 0.2) is 0 Å². The summed E-state index contributed by atoms with van der Waals surface area (Å²) in [7, 11) is 1.75. The first-order valence-corrected chi connectivity index (χ1v) is 12.9. The summed E-state index contributed by atoms with van der Waals surface area (Å²) >= 11 is 1.39. The van der Waals surface area contributed by atoms with Crippen LogP contribution >= 0.6 is 11.8 Å². The van der Waals surface area contributed by atoms with E-state index in [1.54, 1.807) is 17.8 Å². The number of nitrogens with zero attached hydrogens (tertiary/aromatic N) is 7. The maximum absolute atomic E-state index is 15.2. The average molecular weight is 518 g/mol. The highest BCUT2D eigenvalue weighted by Gasteiger charge is 2.30. The molecule has 2 aliphatic rings. The standard InChI is InChI=1S/C23H28FN7O4S/c1-13(20(32)12-36-23-25-26-27-28(23)2)29-5-7-30(8-6-29)19-10-18-15(9-17(19)24)21(33)16(22(34)35)11-31(18)14-3-4-14/h9-11,13-14,20,32H,3-8,12H2,1-2H3,(H,34,35). The Balaban J connectivity index is 1.31. The number of carboxylic acids is 1. The van der Waals surface area contributed by atoms with Gasteiger partial charge in [-0.25, -0.2) is 13.9 Å². The lowest BCUT2D eigenvalue weighted by Crippen LogP contribution is -2.53. The molecule has 1 aromatic carbocycles. The van der Waals surface area contributed by atoms with Crippen LogP contribution in [0.25, 0.3) is 10.9 Å². The monoisotopic (exact) mass is 517 g/mol. The number of fused-ring (bicyclic) bond motifs is 1. The number of anilines is 1. The van der Waals surface area contributed by atoms with E-state index in [1.807, 2.05) is 16.4 Å². The minimum atomic E-state index is -1.31. The first-order chi connectivity index (χ1) is 17.2. The molecule has 192 valence electrons. The molecule has 2 atom stereocenters. The summed E-state index contributed by atoms with van der Waals surface area (Å²) in [6.07, 6.45) is 2.59. The van der Waals surface area contributed by atoms with Gasteiger partial charge >= 0.3 is 5.97 Å². The number of carboxylic acid groups (broad SMARTS) is 1. The van der Waals surface area contributed by atoms with Crippen molar-refractivity contribution in [3.05, 3.63) is 39.9 Å². The van der Waals surface area contributed by atoms with Crippen LogP contribution in [-0.4, -0.2) is 89.9 Å². The average Bonchev–Trinajstić information content (AvgIpc) is 3.63. The number of aromatic nitrogens is 5. The summed E-state index contributed by atoms with van der Waals surface area (Å²) in [5, 5.41) is 32.2. The number of pyridine rings is 1. The van der Waals surface area contributed by atoms with Crippen molar-refractivity contribution in [2.24, 2.45) is 7.05 Å². The summed E-state index contributed by atoms with van der Waals surface area (Å²) in [5.41, 5.74) is -0.0401. The molecule has 0 radical (unpaired) electrons. The number of halogens is 1. The maximum atomic E-state index is 15.2. The first kappa shape index (κ1) is 24.7. The van der Waals surface area contributed by atoms with Crippen molar-refractivity contribution in [3.63, 3.8) is 0 Å². The van der Waals surface area contributed by atoms with Crippen molar-refractivity contribution in [3.8, 4) is 0 Å². The lowest BCUT2D eigenvalue weighted by molar-refractivity contribution is 0.0693. The maximum Gasteiger partial charge on any atom is 0.341 e. The molecule has 1 saturated carbocycles. The van der Waals surface area contributed by atoms with Crippen LogP contribution in [0, 0.1) is 5.82 Å². The highest BCUT2D eigenvalue weighted by Crippen LogP contribution is 2.38. The van der Waals surface area contributed by atoms with Crippen LogP contribution in [0.2, 0.25) is 0 Å². The smallest absolute Gasteiger partial charge is 0.341 e. The molecule has 1 aliphatic heterocycles. The number of thioether (sulfide) groups is 1. The van der Waals surface area contributed by atoms with Gasteiger partial charge in [0.05, 0.1) is 17.3 Å². The first-order valence-electron chi connectivity index (χ1n) is 11.9. The van der Waals surface area contributed by atoms with Crippen molar-refractivity contribution in [2.45, 2.75) is 43.1 Å². The third-order valence-corrected chi connectivity index (χ3v) is 8.14. The Morgan fingerprint density at radius 3 is 2.58 bits per heavy atom. The van der Waals surface area contributed by atoms with Gasteiger partial charge in [-0.05, 0) is 42.3 Å². The second kappa shape index (κ2) is 9.79. The van der Waals surface area contributed by atoms with Gasteiger partial charge in [-0.2, -0.15) is 0 Å². The van der Waals surface area contributed by atoms with Gasteiger partial charge < -0.3 is 19.7 Å². The minimum Gasteiger partial charge on any atom is -0.477 e. The SMILES string of the molecule is CC(C(O)CSc1nnnn1C)N1CCN(c2cc3c(cc2F)c(=O)c(C(=O)O)cn3C2CC2)CC1. The molecule has 36 heavy (non-hydrogen) atoms. The van der Waals surface area contributed by atoms with Gasteiger partial charge in [0.25, 0.3) is 0 Å². The van der Waals surface area contributed by atoms with Crippen LogP contribution in [0.1, 0.15) is 36.2 Å². The molecule has 0 bridgehead atoms. The zero-order chi connectivity index (χ0) is 25.6. The van der Waals surface area contributed by atoms with Crippen molar-refractivity contribution < 1.29 is 19.4 Å². The van der Waals surface area contributed by atoms with E-state index in [4.69, 9.17) is 0 Å². The Morgan fingerprint density at radius 2 is 1.97 bits per heavy atom. The van der Waals surface area contributed by atoms with Crippen molar-refractivity contribution in [2.75, 3.05) is 36.8 Å². The predicted octanol–water partition coefficient (Wildman–Crippen LogP) is 1.36. The molecule has 0 amide bonds. The van der Waals surface area contributed by atoms with Gasteiger partial charge in [0, 0.05) is 62.6 Å². The van der Waals surface area contributed by atoms with Crippen molar-refractivity contribution in [1.82, 2.24) is 29.7 Å². The molecule has 1 aliphatic carbocycles. The molecule has 2 N–H and O–H groups in total. The summed E-state index contributed by atoms with van der Waals surface area (Å²) in [6.45, 7) is 4.36. The molecule has 5 rings (SSSR count). The Labute approximate surface area is 210 Å². The van der Waals surface area contributed by atoms with Crippen LogP contribution in [0.3, 0.4) is 0 Å². The summed E-state index contributed by atoms with van der Waals surface area (Å²) in [4.78, 5) is 28.4. The molecule has 2 unspecified atom stereocenters. The number of carbonyl (C=O) groups is 1. The highest BCUT2D eigenvalue weighted by molar-refractivity contribution is 7.99. The summed E-state index contributed by atoms with van der Waals surface area (Å²) in [5.74, 6) is -1.40. The predicted molar refractivity (Wildman–Crippen MR) is 132 cm³/mol. The summed E-state index contributed by atoms with van der Waals surface area (Å²) < 4.78 is 18.6. The van der Waals surface area contributed by atoms with E-state index in [-0.39, 0.29) is 23.0 Å². The van der Waals surface area contributed by atoms with E-state index < -0.39 is 23.3 Å². The van der Waals surface area contributed by atoms with Gasteiger partial charge in [-0.3, -0.25) is 9.69 Å². The fraction of sp³-hybridized carbons (Fsp3) is 0.522. The normalized spacial score (nSPS) is 18.5. The van der Waals surface area contributed by atoms with Gasteiger partial charge in [0.2, 0.25) is 10.6 Å². The van der Waals surface area contributed by atoms with Crippen LogP contribution < -0.4 is 10.3 Å². The molecule has 3 heterocycles. The van der Waals surface area contributed by atoms with Crippen molar-refractivity contribution in [1.29, 1.82) is 0 Å². The number of aliphatic hydroxyl groups is 1. The number of rotatable bonds is 8. The molecule has 11 nitrogen and oxygen atoms in total. The van der Waals surface area contributed by atoms with Crippen LogP contribution in [0.15, 0.2) is 28.3 Å². The number of benzene rings is 1. The largest absolute Gasteiger partial charge is 0.477 e. The van der Waals surface area contributed by atoms with E-state index in [1.165, 1.54) is 24.0 Å². The molecule has 0 spiro atoms. The number of aromatic carboxylic acids is 1. The fourth-order valence-corrected chi connectivity index (χ4v) is 5.58. The number of piperazine rings is 1. The molecular formula is C23H28FN7O4S. The minimum absolute atomic E-state index is 0.0917. The van der Waals surface area contributed by atoms with Crippen LogP contribution in [0.5, 0.6) is 0 Å². The number of tetrazole rings is 1. The van der Waals surface area contributed by atoms with Gasteiger partial charge in [-0.1, -0.05) is 11.8 Å². The Bertz CT molecular complexity index is 1350. The molecule has 2 aromatic heterocycles. The van der Waals surface area contributed by atoms with Crippen LogP contribution in [0.4, 0.5) is 10.1 Å². The zero-order valence-electron chi connectivity index (χ0n) is 20.0. The van der Waals surface area contributed by atoms with Crippen molar-refractivity contribution >= 4 is 34.3 Å². The summed E-state index contributed by atoms with van der Waals surface area (Å²) in [6, 6.07) is 2.88.